The molecular formula is C30H27Cl2IN2O6. The largest absolute Gasteiger partial charge is 0.494 e. The number of carbonyl (C=O) groups excluding carboxylic acids is 3. The summed E-state index contributed by atoms with van der Waals surface area (Å²) in [5, 5.41) is 3.25. The third-order valence-electron chi connectivity index (χ3n) is 5.99. The summed E-state index contributed by atoms with van der Waals surface area (Å²) in [6, 6.07) is 14.3. The van der Waals surface area contributed by atoms with Gasteiger partial charge in [0.05, 0.1) is 22.5 Å². The number of imide groups is 2. The minimum atomic E-state index is -0.828. The van der Waals surface area contributed by atoms with E-state index in [4.69, 9.17) is 37.4 Å². The SMILES string of the molecule is CCCCOc1ccc(N2C(=O)NC(=O)/C(=C/c3cc(I)c(OCc4ccc(Cl)cc4Cl)c(OCC)c3)C2=O)cc1. The van der Waals surface area contributed by atoms with E-state index < -0.39 is 17.8 Å². The lowest BCUT2D eigenvalue weighted by atomic mass is 10.1. The highest BCUT2D eigenvalue weighted by atomic mass is 127. The summed E-state index contributed by atoms with van der Waals surface area (Å²) in [5.41, 5.74) is 1.37. The molecule has 0 aromatic heterocycles. The average molecular weight is 709 g/mol. The van der Waals surface area contributed by atoms with Gasteiger partial charge in [-0.3, -0.25) is 14.9 Å². The number of rotatable bonds is 11. The molecule has 214 valence electrons. The van der Waals surface area contributed by atoms with Gasteiger partial charge in [-0.15, -0.1) is 0 Å². The third kappa shape index (κ3) is 7.52. The maximum atomic E-state index is 13.4. The summed E-state index contributed by atoms with van der Waals surface area (Å²) in [7, 11) is 0. The van der Waals surface area contributed by atoms with Gasteiger partial charge in [0.25, 0.3) is 11.8 Å². The smallest absolute Gasteiger partial charge is 0.335 e. The molecule has 1 saturated heterocycles. The molecule has 4 rings (SSSR count). The molecule has 3 aromatic rings. The predicted molar refractivity (Wildman–Crippen MR) is 167 cm³/mol. The lowest BCUT2D eigenvalue weighted by molar-refractivity contribution is -0.122. The molecule has 0 saturated carbocycles. The molecule has 4 amide bonds. The number of urea groups is 1. The average Bonchev–Trinajstić information content (AvgIpc) is 2.92. The Morgan fingerprint density at radius 1 is 0.951 bits per heavy atom. The predicted octanol–water partition coefficient (Wildman–Crippen LogP) is 7.42. The Morgan fingerprint density at radius 3 is 2.39 bits per heavy atom. The fraction of sp³-hybridized carbons (Fsp3) is 0.233. The number of amides is 4. The first-order chi connectivity index (χ1) is 19.7. The lowest BCUT2D eigenvalue weighted by Gasteiger charge is -2.26. The van der Waals surface area contributed by atoms with E-state index >= 15 is 0 Å². The van der Waals surface area contributed by atoms with Crippen molar-refractivity contribution >= 4 is 75.4 Å². The van der Waals surface area contributed by atoms with Crippen LogP contribution in [0.5, 0.6) is 17.2 Å². The van der Waals surface area contributed by atoms with Crippen molar-refractivity contribution < 1.29 is 28.6 Å². The van der Waals surface area contributed by atoms with Crippen molar-refractivity contribution in [1.82, 2.24) is 5.32 Å². The molecular weight excluding hydrogens is 682 g/mol. The molecule has 41 heavy (non-hydrogen) atoms. The zero-order valence-corrected chi connectivity index (χ0v) is 26.0. The molecule has 1 heterocycles. The summed E-state index contributed by atoms with van der Waals surface area (Å²) >= 11 is 14.4. The van der Waals surface area contributed by atoms with Gasteiger partial charge in [-0.2, -0.15) is 0 Å². The van der Waals surface area contributed by atoms with E-state index in [0.29, 0.717) is 55.3 Å². The zero-order valence-electron chi connectivity index (χ0n) is 22.3. The molecule has 0 radical (unpaired) electrons. The second kappa shape index (κ2) is 14.1. The molecule has 1 aliphatic rings. The number of carbonyl (C=O) groups is 3. The van der Waals surface area contributed by atoms with E-state index in [0.717, 1.165) is 23.3 Å². The van der Waals surface area contributed by atoms with Crippen LogP contribution in [-0.2, 0) is 16.2 Å². The number of ether oxygens (including phenoxy) is 3. The van der Waals surface area contributed by atoms with Crippen LogP contribution < -0.4 is 24.4 Å². The summed E-state index contributed by atoms with van der Waals surface area (Å²) in [6.45, 7) is 5.00. The fourth-order valence-electron chi connectivity index (χ4n) is 3.95. The first-order valence-electron chi connectivity index (χ1n) is 12.9. The van der Waals surface area contributed by atoms with Crippen LogP contribution in [0, 0.1) is 3.57 Å². The monoisotopic (exact) mass is 708 g/mol. The van der Waals surface area contributed by atoms with Crippen molar-refractivity contribution in [3.63, 3.8) is 0 Å². The topological polar surface area (TPSA) is 94.2 Å². The molecule has 0 unspecified atom stereocenters. The van der Waals surface area contributed by atoms with Gasteiger partial charge in [-0.25, -0.2) is 9.69 Å². The van der Waals surface area contributed by atoms with Gasteiger partial charge in [0.1, 0.15) is 17.9 Å². The maximum Gasteiger partial charge on any atom is 0.335 e. The molecule has 0 aliphatic carbocycles. The van der Waals surface area contributed by atoms with Crippen LogP contribution in [0.4, 0.5) is 10.5 Å². The zero-order chi connectivity index (χ0) is 29.5. The van der Waals surface area contributed by atoms with E-state index in [1.165, 1.54) is 6.08 Å². The summed E-state index contributed by atoms with van der Waals surface area (Å²) in [6.07, 6.45) is 3.34. The van der Waals surface area contributed by atoms with Crippen LogP contribution in [0.25, 0.3) is 6.08 Å². The number of nitrogens with zero attached hydrogens (tertiary/aromatic N) is 1. The van der Waals surface area contributed by atoms with E-state index in [2.05, 4.69) is 34.8 Å². The van der Waals surface area contributed by atoms with Crippen LogP contribution in [0.1, 0.15) is 37.8 Å². The minimum absolute atomic E-state index is 0.174. The van der Waals surface area contributed by atoms with Crippen molar-refractivity contribution in [1.29, 1.82) is 0 Å². The Hall–Kier alpha value is -3.28. The Morgan fingerprint density at radius 2 is 1.71 bits per heavy atom. The second-order valence-electron chi connectivity index (χ2n) is 8.94. The summed E-state index contributed by atoms with van der Waals surface area (Å²) in [5.74, 6) is -0.00668. The van der Waals surface area contributed by atoms with Gasteiger partial charge in [-0.1, -0.05) is 42.6 Å². The highest BCUT2D eigenvalue weighted by Gasteiger charge is 2.37. The lowest BCUT2D eigenvalue weighted by Crippen LogP contribution is -2.54. The van der Waals surface area contributed by atoms with Gasteiger partial charge in [0.2, 0.25) is 0 Å². The first-order valence-corrected chi connectivity index (χ1v) is 14.7. The summed E-state index contributed by atoms with van der Waals surface area (Å²) in [4.78, 5) is 39.7. The first kappa shape index (κ1) is 30.7. The number of benzene rings is 3. The second-order valence-corrected chi connectivity index (χ2v) is 10.9. The van der Waals surface area contributed by atoms with Crippen molar-refractivity contribution in [3.05, 3.63) is 84.9 Å². The van der Waals surface area contributed by atoms with E-state index in [1.807, 2.05) is 6.92 Å². The molecule has 1 aliphatic heterocycles. The summed E-state index contributed by atoms with van der Waals surface area (Å²) < 4.78 is 18.2. The van der Waals surface area contributed by atoms with Gasteiger partial charge < -0.3 is 14.2 Å². The minimum Gasteiger partial charge on any atom is -0.494 e. The molecule has 0 bridgehead atoms. The molecule has 8 nitrogen and oxygen atoms in total. The molecule has 1 fully saturated rings. The van der Waals surface area contributed by atoms with Crippen LogP contribution in [0.2, 0.25) is 10.0 Å². The number of hydrogen-bond donors (Lipinski definition) is 1. The van der Waals surface area contributed by atoms with Crippen LogP contribution in [0.15, 0.2) is 60.2 Å². The molecule has 3 aromatic carbocycles. The fourth-order valence-corrected chi connectivity index (χ4v) is 5.19. The number of nitrogens with one attached hydrogen (secondary N) is 1. The Kier molecular flexibility index (Phi) is 10.5. The van der Waals surface area contributed by atoms with Gasteiger partial charge in [0, 0.05) is 15.6 Å². The molecule has 0 atom stereocenters. The van der Waals surface area contributed by atoms with E-state index in [9.17, 15) is 14.4 Å². The van der Waals surface area contributed by atoms with Crippen LogP contribution in [0.3, 0.4) is 0 Å². The van der Waals surface area contributed by atoms with Gasteiger partial charge >= 0.3 is 6.03 Å². The molecule has 1 N–H and O–H groups in total. The third-order valence-corrected chi connectivity index (χ3v) is 7.38. The maximum absolute atomic E-state index is 13.4. The van der Waals surface area contributed by atoms with Gasteiger partial charge in [-0.05, 0) is 96.1 Å². The van der Waals surface area contributed by atoms with Gasteiger partial charge in [0.15, 0.2) is 11.5 Å². The number of barbiturate groups is 1. The van der Waals surface area contributed by atoms with Crippen molar-refractivity contribution in [2.75, 3.05) is 18.1 Å². The van der Waals surface area contributed by atoms with Crippen molar-refractivity contribution in [2.45, 2.75) is 33.3 Å². The Balaban J connectivity index is 1.59. The van der Waals surface area contributed by atoms with Crippen molar-refractivity contribution in [2.24, 2.45) is 0 Å². The van der Waals surface area contributed by atoms with Crippen LogP contribution in [-0.4, -0.2) is 31.1 Å². The normalized spacial score (nSPS) is 14.3. The number of anilines is 1. The highest BCUT2D eigenvalue weighted by Crippen LogP contribution is 2.36. The Bertz CT molecular complexity index is 1490. The Labute approximate surface area is 261 Å². The van der Waals surface area contributed by atoms with E-state index in [1.54, 1.807) is 54.6 Å². The standard InChI is InChI=1S/C30H27Cl2IN2O6/c1-3-5-12-40-22-10-8-21(9-11-22)35-29(37)23(28(36)34-30(35)38)13-18-14-25(33)27(26(15-18)39-4-2)41-17-19-6-7-20(31)16-24(19)32/h6-11,13-16H,3-5,12,17H2,1-2H3,(H,34,36,38)/b23-13-. The molecule has 11 heteroatoms. The number of halogens is 3. The number of hydrogen-bond acceptors (Lipinski definition) is 6. The quantitative estimate of drug-likeness (QED) is 0.0965. The number of unbranched alkanes of at least 4 members (excludes halogenated alkanes) is 1. The van der Waals surface area contributed by atoms with Crippen molar-refractivity contribution in [3.8, 4) is 17.2 Å². The molecule has 0 spiro atoms. The van der Waals surface area contributed by atoms with E-state index in [-0.39, 0.29) is 12.2 Å². The van der Waals surface area contributed by atoms with Crippen LogP contribution >= 0.6 is 45.8 Å². The highest BCUT2D eigenvalue weighted by molar-refractivity contribution is 14.1.